The predicted octanol–water partition coefficient (Wildman–Crippen LogP) is 2.97. The van der Waals surface area contributed by atoms with Crippen molar-refractivity contribution in [3.05, 3.63) is 59.7 Å². The van der Waals surface area contributed by atoms with Gasteiger partial charge < -0.3 is 9.47 Å². The second-order valence-electron chi connectivity index (χ2n) is 4.69. The lowest BCUT2D eigenvalue weighted by Gasteiger charge is -2.24. The van der Waals surface area contributed by atoms with Gasteiger partial charge in [0.2, 0.25) is 11.6 Å². The maximum atomic E-state index is 12.2. The zero-order chi connectivity index (χ0) is 14.8. The quantitative estimate of drug-likeness (QED) is 0.812. The molecule has 4 heteroatoms. The Bertz CT molecular complexity index is 688. The summed E-state index contributed by atoms with van der Waals surface area (Å²) in [6.07, 6.45) is -0.886. The molecule has 1 aliphatic rings. The van der Waals surface area contributed by atoms with E-state index in [2.05, 4.69) is 0 Å². The molecule has 2 aromatic rings. The van der Waals surface area contributed by atoms with E-state index in [0.29, 0.717) is 23.5 Å². The molecule has 1 atom stereocenters. The fourth-order valence-electron chi connectivity index (χ4n) is 2.31. The number of ketones is 2. The van der Waals surface area contributed by atoms with Crippen LogP contribution < -0.4 is 9.47 Å². The highest BCUT2D eigenvalue weighted by Crippen LogP contribution is 2.33. The molecule has 0 radical (unpaired) electrons. The van der Waals surface area contributed by atoms with Crippen LogP contribution in [0.25, 0.3) is 0 Å². The zero-order valence-corrected chi connectivity index (χ0v) is 11.5. The number of para-hydroxylation sites is 1. The van der Waals surface area contributed by atoms with Crippen LogP contribution in [0.3, 0.4) is 0 Å². The first-order valence-corrected chi connectivity index (χ1v) is 6.77. The summed E-state index contributed by atoms with van der Waals surface area (Å²) in [7, 11) is 0. The third kappa shape index (κ3) is 2.40. The number of fused-ring (bicyclic) bond motifs is 1. The summed E-state index contributed by atoms with van der Waals surface area (Å²) in [6.45, 7) is 2.47. The minimum atomic E-state index is -0.886. The lowest BCUT2D eigenvalue weighted by molar-refractivity contribution is -0.122. The Morgan fingerprint density at radius 1 is 1.05 bits per heavy atom. The Labute approximate surface area is 122 Å². The van der Waals surface area contributed by atoms with Crippen molar-refractivity contribution < 1.29 is 19.1 Å². The number of benzene rings is 2. The molecule has 21 heavy (non-hydrogen) atoms. The number of hydrogen-bond donors (Lipinski definition) is 0. The molecule has 3 rings (SSSR count). The van der Waals surface area contributed by atoms with Crippen LogP contribution in [0.5, 0.6) is 11.5 Å². The van der Waals surface area contributed by atoms with Crippen molar-refractivity contribution >= 4 is 11.6 Å². The number of hydrogen-bond acceptors (Lipinski definition) is 4. The fourth-order valence-corrected chi connectivity index (χ4v) is 2.31. The monoisotopic (exact) mass is 282 g/mol. The van der Waals surface area contributed by atoms with Crippen LogP contribution in [0.1, 0.15) is 28.9 Å². The second kappa shape index (κ2) is 5.40. The minimum absolute atomic E-state index is 0.324. The molecule has 4 nitrogen and oxygen atoms in total. The molecular weight excluding hydrogens is 268 g/mol. The Morgan fingerprint density at radius 3 is 2.48 bits per heavy atom. The first kappa shape index (κ1) is 13.4. The normalized spacial score (nSPS) is 17.1. The van der Waals surface area contributed by atoms with Gasteiger partial charge in [-0.2, -0.15) is 0 Å². The average molecular weight is 282 g/mol. The molecule has 0 unspecified atom stereocenters. The molecule has 2 aromatic carbocycles. The Balaban J connectivity index is 1.93. The first-order chi connectivity index (χ1) is 10.2. The number of ether oxygens (including phenoxy) is 2. The first-order valence-electron chi connectivity index (χ1n) is 6.77. The van der Waals surface area contributed by atoms with E-state index in [1.54, 1.807) is 48.5 Å². The van der Waals surface area contributed by atoms with E-state index in [0.717, 1.165) is 5.75 Å². The van der Waals surface area contributed by atoms with Gasteiger partial charge >= 0.3 is 0 Å². The summed E-state index contributed by atoms with van der Waals surface area (Å²) >= 11 is 0. The standard InChI is InChI=1S/C17H14O4/c1-2-20-12-9-7-11(8-10-12)17-16(19)15(18)13-5-3-4-6-14(13)21-17/h3-10,17H,2H2,1H3/t17-/m1/s1. The van der Waals surface area contributed by atoms with Gasteiger partial charge in [-0.05, 0) is 31.2 Å². The van der Waals surface area contributed by atoms with Crippen molar-refractivity contribution in [3.8, 4) is 11.5 Å². The highest BCUT2D eigenvalue weighted by atomic mass is 16.5. The van der Waals surface area contributed by atoms with Crippen LogP contribution in [0.15, 0.2) is 48.5 Å². The summed E-state index contributed by atoms with van der Waals surface area (Å²) in [5, 5.41) is 0. The van der Waals surface area contributed by atoms with Crippen LogP contribution in [0, 0.1) is 0 Å². The van der Waals surface area contributed by atoms with Gasteiger partial charge in [0, 0.05) is 5.56 Å². The van der Waals surface area contributed by atoms with Crippen LogP contribution in [-0.2, 0) is 4.79 Å². The molecule has 0 aromatic heterocycles. The predicted molar refractivity (Wildman–Crippen MR) is 76.8 cm³/mol. The van der Waals surface area contributed by atoms with Crippen LogP contribution in [0.4, 0.5) is 0 Å². The van der Waals surface area contributed by atoms with Gasteiger partial charge in [-0.25, -0.2) is 0 Å². The summed E-state index contributed by atoms with van der Waals surface area (Å²) < 4.78 is 11.0. The molecule has 1 aliphatic heterocycles. The van der Waals surface area contributed by atoms with E-state index in [4.69, 9.17) is 9.47 Å². The van der Waals surface area contributed by atoms with Gasteiger partial charge in [0.05, 0.1) is 12.2 Å². The summed E-state index contributed by atoms with van der Waals surface area (Å²) in [5.41, 5.74) is 0.969. The van der Waals surface area contributed by atoms with E-state index in [1.807, 2.05) is 6.92 Å². The molecular formula is C17H14O4. The van der Waals surface area contributed by atoms with Gasteiger partial charge in [0.25, 0.3) is 0 Å². The smallest absolute Gasteiger partial charge is 0.248 e. The lowest BCUT2D eigenvalue weighted by Crippen LogP contribution is -2.31. The third-order valence-electron chi connectivity index (χ3n) is 3.33. The van der Waals surface area contributed by atoms with E-state index in [9.17, 15) is 9.59 Å². The van der Waals surface area contributed by atoms with Crippen molar-refractivity contribution in [1.82, 2.24) is 0 Å². The number of rotatable bonds is 3. The minimum Gasteiger partial charge on any atom is -0.494 e. The maximum Gasteiger partial charge on any atom is 0.248 e. The third-order valence-corrected chi connectivity index (χ3v) is 3.33. The number of carbonyl (C=O) groups excluding carboxylic acids is 2. The highest BCUT2D eigenvalue weighted by Gasteiger charge is 2.36. The summed E-state index contributed by atoms with van der Waals surface area (Å²) in [5.74, 6) is 0.116. The molecule has 0 saturated heterocycles. The van der Waals surface area contributed by atoms with Crippen LogP contribution >= 0.6 is 0 Å². The number of carbonyl (C=O) groups is 2. The van der Waals surface area contributed by atoms with Crippen molar-refractivity contribution in [2.45, 2.75) is 13.0 Å². The van der Waals surface area contributed by atoms with Crippen LogP contribution in [0.2, 0.25) is 0 Å². The van der Waals surface area contributed by atoms with Crippen molar-refractivity contribution in [1.29, 1.82) is 0 Å². The van der Waals surface area contributed by atoms with Gasteiger partial charge in [0.1, 0.15) is 11.5 Å². The van der Waals surface area contributed by atoms with Crippen molar-refractivity contribution in [2.75, 3.05) is 6.61 Å². The van der Waals surface area contributed by atoms with Gasteiger partial charge in [-0.15, -0.1) is 0 Å². The van der Waals surface area contributed by atoms with Crippen molar-refractivity contribution in [2.24, 2.45) is 0 Å². The molecule has 0 spiro atoms. The maximum absolute atomic E-state index is 12.2. The van der Waals surface area contributed by atoms with Gasteiger partial charge in [-0.3, -0.25) is 9.59 Å². The Morgan fingerprint density at radius 2 is 1.76 bits per heavy atom. The highest BCUT2D eigenvalue weighted by molar-refractivity contribution is 6.46. The van der Waals surface area contributed by atoms with E-state index >= 15 is 0 Å². The van der Waals surface area contributed by atoms with Crippen molar-refractivity contribution in [3.63, 3.8) is 0 Å². The van der Waals surface area contributed by atoms with E-state index in [1.165, 1.54) is 0 Å². The molecule has 106 valence electrons. The molecule has 0 saturated carbocycles. The van der Waals surface area contributed by atoms with Gasteiger partial charge in [0.15, 0.2) is 6.10 Å². The SMILES string of the molecule is CCOc1ccc([C@H]2Oc3ccccc3C(=O)C2=O)cc1. The summed E-state index contributed by atoms with van der Waals surface area (Å²) in [6, 6.07) is 13.8. The largest absolute Gasteiger partial charge is 0.494 e. The molecule has 1 heterocycles. The van der Waals surface area contributed by atoms with Gasteiger partial charge in [-0.1, -0.05) is 24.3 Å². The Kier molecular flexibility index (Phi) is 3.44. The second-order valence-corrected chi connectivity index (χ2v) is 4.69. The van der Waals surface area contributed by atoms with E-state index < -0.39 is 17.7 Å². The molecule has 0 N–H and O–H groups in total. The van der Waals surface area contributed by atoms with E-state index in [-0.39, 0.29) is 0 Å². The molecule has 0 bridgehead atoms. The zero-order valence-electron chi connectivity index (χ0n) is 11.5. The van der Waals surface area contributed by atoms with Crippen LogP contribution in [-0.4, -0.2) is 18.2 Å². The number of Topliss-reactive ketones (excluding diaryl/α,β-unsaturated/α-hetero) is 2. The fraction of sp³-hybridized carbons (Fsp3) is 0.176. The lowest BCUT2D eigenvalue weighted by atomic mass is 9.95. The molecule has 0 amide bonds. The summed E-state index contributed by atoms with van der Waals surface area (Å²) in [4.78, 5) is 24.3. The molecule has 0 aliphatic carbocycles. The topological polar surface area (TPSA) is 52.6 Å². The Hall–Kier alpha value is -2.62. The average Bonchev–Trinajstić information content (AvgIpc) is 2.52. The molecule has 0 fully saturated rings.